The van der Waals surface area contributed by atoms with E-state index >= 15 is 0 Å². The van der Waals surface area contributed by atoms with Gasteiger partial charge in [0.2, 0.25) is 0 Å². The molecule has 2 aromatic carbocycles. The molecule has 25 heavy (non-hydrogen) atoms. The highest BCUT2D eigenvalue weighted by atomic mass is 15.1. The second kappa shape index (κ2) is 6.40. The summed E-state index contributed by atoms with van der Waals surface area (Å²) in [7, 11) is 0. The van der Waals surface area contributed by atoms with Gasteiger partial charge < -0.3 is 10.3 Å². The lowest BCUT2D eigenvalue weighted by Crippen LogP contribution is -2.09. The Labute approximate surface area is 147 Å². The van der Waals surface area contributed by atoms with Gasteiger partial charge in [-0.05, 0) is 25.5 Å². The van der Waals surface area contributed by atoms with E-state index in [-0.39, 0.29) is 6.04 Å². The molecule has 0 saturated carbocycles. The molecule has 4 heteroatoms. The van der Waals surface area contributed by atoms with Crippen LogP contribution in [0.2, 0.25) is 0 Å². The van der Waals surface area contributed by atoms with Gasteiger partial charge in [-0.3, -0.25) is 0 Å². The van der Waals surface area contributed by atoms with Crippen LogP contribution in [0.1, 0.15) is 24.2 Å². The molecule has 1 unspecified atom stereocenters. The van der Waals surface area contributed by atoms with Gasteiger partial charge in [0.05, 0.1) is 5.39 Å². The Kier molecular flexibility index (Phi) is 3.94. The van der Waals surface area contributed by atoms with Crippen molar-refractivity contribution in [1.82, 2.24) is 15.0 Å². The lowest BCUT2D eigenvalue weighted by Gasteiger charge is -2.16. The number of hydrogen-bond acceptors (Lipinski definition) is 3. The van der Waals surface area contributed by atoms with Crippen molar-refractivity contribution in [3.8, 4) is 11.4 Å². The van der Waals surface area contributed by atoms with Gasteiger partial charge in [0, 0.05) is 17.3 Å². The van der Waals surface area contributed by atoms with Gasteiger partial charge in [-0.2, -0.15) is 0 Å². The van der Waals surface area contributed by atoms with Gasteiger partial charge in [-0.15, -0.1) is 0 Å². The number of rotatable bonds is 4. The molecule has 0 radical (unpaired) electrons. The van der Waals surface area contributed by atoms with Gasteiger partial charge in [0.25, 0.3) is 0 Å². The summed E-state index contributed by atoms with van der Waals surface area (Å²) >= 11 is 0. The molecule has 2 N–H and O–H groups in total. The van der Waals surface area contributed by atoms with E-state index in [2.05, 4.69) is 47.6 Å². The molecule has 4 aromatic rings. The zero-order valence-electron chi connectivity index (χ0n) is 14.3. The van der Waals surface area contributed by atoms with E-state index in [1.54, 1.807) is 0 Å². The van der Waals surface area contributed by atoms with Crippen molar-refractivity contribution in [1.29, 1.82) is 0 Å². The highest BCUT2D eigenvalue weighted by Crippen LogP contribution is 2.28. The first-order valence-corrected chi connectivity index (χ1v) is 8.45. The number of fused-ring (bicyclic) bond motifs is 1. The maximum Gasteiger partial charge on any atom is 0.163 e. The van der Waals surface area contributed by atoms with E-state index in [4.69, 9.17) is 9.97 Å². The van der Waals surface area contributed by atoms with Crippen molar-refractivity contribution in [3.05, 3.63) is 78.0 Å². The molecule has 0 fully saturated rings. The lowest BCUT2D eigenvalue weighted by atomic mass is 10.1. The van der Waals surface area contributed by atoms with Crippen LogP contribution in [0.4, 0.5) is 5.82 Å². The fourth-order valence-electron chi connectivity index (χ4n) is 3.00. The summed E-state index contributed by atoms with van der Waals surface area (Å²) in [5.41, 5.74) is 4.16. The van der Waals surface area contributed by atoms with Crippen LogP contribution >= 0.6 is 0 Å². The standard InChI is InChI=1S/C21H20N4/c1-14-13-18-20(22-14)24-19(17-11-7-4-8-12-17)25-21(18)23-15(2)16-9-5-3-6-10-16/h3-13,15H,1-2H3,(H2,22,23,24,25). The Morgan fingerprint density at radius 2 is 1.60 bits per heavy atom. The first-order chi connectivity index (χ1) is 12.2. The van der Waals surface area contributed by atoms with Crippen LogP contribution in [-0.2, 0) is 0 Å². The molecule has 1 atom stereocenters. The third kappa shape index (κ3) is 3.11. The molecule has 2 aromatic heterocycles. The number of nitrogens with zero attached hydrogens (tertiary/aromatic N) is 2. The maximum atomic E-state index is 4.81. The van der Waals surface area contributed by atoms with Gasteiger partial charge in [0.15, 0.2) is 5.82 Å². The number of hydrogen-bond donors (Lipinski definition) is 2. The molecule has 124 valence electrons. The summed E-state index contributed by atoms with van der Waals surface area (Å²) in [6.45, 7) is 4.18. The van der Waals surface area contributed by atoms with Crippen LogP contribution in [0, 0.1) is 6.92 Å². The average molecular weight is 328 g/mol. The van der Waals surface area contributed by atoms with Crippen LogP contribution < -0.4 is 5.32 Å². The minimum Gasteiger partial charge on any atom is -0.363 e. The molecule has 2 heterocycles. The number of aromatic nitrogens is 3. The number of H-pyrrole nitrogens is 1. The van der Waals surface area contributed by atoms with Crippen LogP contribution in [0.25, 0.3) is 22.4 Å². The molecule has 0 aliphatic rings. The third-order valence-corrected chi connectivity index (χ3v) is 4.31. The van der Waals surface area contributed by atoms with Crippen LogP contribution in [0.3, 0.4) is 0 Å². The summed E-state index contributed by atoms with van der Waals surface area (Å²) in [6, 6.07) is 22.7. The van der Waals surface area contributed by atoms with E-state index in [0.29, 0.717) is 0 Å². The number of aryl methyl sites for hydroxylation is 1. The Hall–Kier alpha value is -3.14. The highest BCUT2D eigenvalue weighted by molar-refractivity contribution is 5.89. The maximum absolute atomic E-state index is 4.81. The number of aromatic amines is 1. The number of anilines is 1. The molecule has 4 rings (SSSR count). The average Bonchev–Trinajstić information content (AvgIpc) is 3.03. The van der Waals surface area contributed by atoms with E-state index in [1.807, 2.05) is 43.3 Å². The molecule has 0 saturated heterocycles. The number of benzene rings is 2. The van der Waals surface area contributed by atoms with E-state index < -0.39 is 0 Å². The predicted molar refractivity (Wildman–Crippen MR) is 103 cm³/mol. The molecular weight excluding hydrogens is 308 g/mol. The summed E-state index contributed by atoms with van der Waals surface area (Å²) in [5.74, 6) is 1.57. The zero-order chi connectivity index (χ0) is 17.2. The van der Waals surface area contributed by atoms with Crippen molar-refractivity contribution < 1.29 is 0 Å². The van der Waals surface area contributed by atoms with Crippen molar-refractivity contribution in [2.45, 2.75) is 19.9 Å². The predicted octanol–water partition coefficient (Wildman–Crippen LogP) is 5.11. The van der Waals surface area contributed by atoms with Gasteiger partial charge >= 0.3 is 0 Å². The fraction of sp³-hybridized carbons (Fsp3) is 0.143. The molecule has 4 nitrogen and oxygen atoms in total. The Morgan fingerprint density at radius 3 is 2.32 bits per heavy atom. The second-order valence-electron chi connectivity index (χ2n) is 6.25. The van der Waals surface area contributed by atoms with E-state index in [1.165, 1.54) is 5.56 Å². The Balaban J connectivity index is 1.79. The van der Waals surface area contributed by atoms with Crippen molar-refractivity contribution >= 4 is 16.9 Å². The Bertz CT molecular complexity index is 991. The van der Waals surface area contributed by atoms with Gasteiger partial charge in [0.1, 0.15) is 11.5 Å². The second-order valence-corrected chi connectivity index (χ2v) is 6.25. The van der Waals surface area contributed by atoms with Crippen molar-refractivity contribution in [2.24, 2.45) is 0 Å². The highest BCUT2D eigenvalue weighted by Gasteiger charge is 2.14. The Morgan fingerprint density at radius 1 is 0.920 bits per heavy atom. The monoisotopic (exact) mass is 328 g/mol. The summed E-state index contributed by atoms with van der Waals surface area (Å²) in [4.78, 5) is 12.8. The van der Waals surface area contributed by atoms with Gasteiger partial charge in [-0.1, -0.05) is 60.7 Å². The first kappa shape index (κ1) is 15.4. The topological polar surface area (TPSA) is 53.6 Å². The van der Waals surface area contributed by atoms with Crippen LogP contribution in [0.5, 0.6) is 0 Å². The molecule has 0 amide bonds. The molecular formula is C21H20N4. The quantitative estimate of drug-likeness (QED) is 0.547. The normalized spacial score (nSPS) is 12.2. The largest absolute Gasteiger partial charge is 0.363 e. The fourth-order valence-corrected chi connectivity index (χ4v) is 3.00. The van der Waals surface area contributed by atoms with Crippen molar-refractivity contribution in [2.75, 3.05) is 5.32 Å². The van der Waals surface area contributed by atoms with Crippen LogP contribution in [0.15, 0.2) is 66.7 Å². The molecule has 0 spiro atoms. The zero-order valence-corrected chi connectivity index (χ0v) is 14.3. The van der Waals surface area contributed by atoms with E-state index in [0.717, 1.165) is 33.9 Å². The van der Waals surface area contributed by atoms with E-state index in [9.17, 15) is 0 Å². The summed E-state index contributed by atoms with van der Waals surface area (Å²) in [6.07, 6.45) is 0. The summed E-state index contributed by atoms with van der Waals surface area (Å²) < 4.78 is 0. The molecule has 0 aliphatic carbocycles. The smallest absolute Gasteiger partial charge is 0.163 e. The van der Waals surface area contributed by atoms with Gasteiger partial charge in [-0.25, -0.2) is 9.97 Å². The minimum absolute atomic E-state index is 0.151. The SMILES string of the molecule is Cc1cc2c(NC(C)c3ccccc3)nc(-c3ccccc3)nc2[nH]1. The molecule has 0 aliphatic heterocycles. The number of nitrogens with one attached hydrogen (secondary N) is 2. The minimum atomic E-state index is 0.151. The molecule has 0 bridgehead atoms. The lowest BCUT2D eigenvalue weighted by molar-refractivity contribution is 0.876. The first-order valence-electron chi connectivity index (χ1n) is 8.45. The third-order valence-electron chi connectivity index (χ3n) is 4.31. The van der Waals surface area contributed by atoms with Crippen molar-refractivity contribution in [3.63, 3.8) is 0 Å². The van der Waals surface area contributed by atoms with Crippen LogP contribution in [-0.4, -0.2) is 15.0 Å². The summed E-state index contributed by atoms with van der Waals surface area (Å²) in [5, 5.41) is 4.57.